The van der Waals surface area contributed by atoms with Gasteiger partial charge in [-0.25, -0.2) is 0 Å². The van der Waals surface area contributed by atoms with Gasteiger partial charge < -0.3 is 14.6 Å². The average Bonchev–Trinajstić information content (AvgIpc) is 3.13. The van der Waals surface area contributed by atoms with Crippen molar-refractivity contribution in [3.8, 4) is 11.5 Å². The van der Waals surface area contributed by atoms with Gasteiger partial charge in [0.1, 0.15) is 17.3 Å². The van der Waals surface area contributed by atoms with Gasteiger partial charge in [0.2, 0.25) is 0 Å². The molecule has 0 bridgehead atoms. The molecule has 1 amide bonds. The highest BCUT2D eigenvalue weighted by molar-refractivity contribution is 6.51. The summed E-state index contributed by atoms with van der Waals surface area (Å²) in [5.41, 5.74) is 1.61. The second kappa shape index (κ2) is 9.77. The summed E-state index contributed by atoms with van der Waals surface area (Å²) in [6.45, 7) is 1.97. The Morgan fingerprint density at radius 2 is 1.64 bits per heavy atom. The number of rotatable bonds is 6. The van der Waals surface area contributed by atoms with Gasteiger partial charge in [-0.2, -0.15) is 0 Å². The van der Waals surface area contributed by atoms with Crippen molar-refractivity contribution in [3.05, 3.63) is 95.1 Å². The molecule has 3 aromatic rings. The highest BCUT2D eigenvalue weighted by atomic mass is 19.4. The fraction of sp³-hybridized carbons (Fsp3) is 0.185. The minimum atomic E-state index is -4.94. The molecule has 1 aliphatic rings. The Bertz CT molecular complexity index is 1310. The van der Waals surface area contributed by atoms with Crippen LogP contribution in [0, 0.1) is 0 Å². The van der Waals surface area contributed by atoms with Gasteiger partial charge in [-0.1, -0.05) is 49.4 Å². The fourth-order valence-electron chi connectivity index (χ4n) is 4.08. The first kappa shape index (κ1) is 24.8. The number of alkyl halides is 3. The fourth-order valence-corrected chi connectivity index (χ4v) is 4.08. The predicted octanol–water partition coefficient (Wildman–Crippen LogP) is 5.78. The average molecular weight is 497 g/mol. The van der Waals surface area contributed by atoms with E-state index in [9.17, 15) is 27.9 Å². The molecule has 0 aromatic heterocycles. The number of benzene rings is 3. The quantitative estimate of drug-likeness (QED) is 0.265. The number of carbonyl (C=O) groups excluding carboxylic acids is 2. The molecule has 0 radical (unpaired) electrons. The van der Waals surface area contributed by atoms with E-state index in [0.29, 0.717) is 16.9 Å². The zero-order valence-electron chi connectivity index (χ0n) is 19.4. The first-order valence-corrected chi connectivity index (χ1v) is 11.0. The maximum atomic E-state index is 13.2. The summed E-state index contributed by atoms with van der Waals surface area (Å²) < 4.78 is 47.6. The van der Waals surface area contributed by atoms with E-state index in [1.807, 2.05) is 6.92 Å². The van der Waals surface area contributed by atoms with Gasteiger partial charge in [0.25, 0.3) is 11.7 Å². The molecule has 6 nitrogen and oxygen atoms in total. The van der Waals surface area contributed by atoms with Crippen LogP contribution in [0.2, 0.25) is 0 Å². The number of hydrogen-bond acceptors (Lipinski definition) is 5. The molecule has 36 heavy (non-hydrogen) atoms. The second-order valence-electron chi connectivity index (χ2n) is 8.04. The summed E-state index contributed by atoms with van der Waals surface area (Å²) in [6.07, 6.45) is -4.17. The lowest BCUT2D eigenvalue weighted by Crippen LogP contribution is -2.29. The number of nitrogens with zero attached hydrogens (tertiary/aromatic N) is 1. The lowest BCUT2D eigenvalue weighted by Gasteiger charge is -2.26. The normalized spacial score (nSPS) is 17.4. The van der Waals surface area contributed by atoms with Crippen LogP contribution in [0.3, 0.4) is 0 Å². The Morgan fingerprint density at radius 3 is 2.22 bits per heavy atom. The third-order valence-corrected chi connectivity index (χ3v) is 5.84. The van der Waals surface area contributed by atoms with E-state index in [0.717, 1.165) is 29.0 Å². The second-order valence-corrected chi connectivity index (χ2v) is 8.04. The lowest BCUT2D eigenvalue weighted by atomic mass is 9.94. The number of hydrogen-bond donors (Lipinski definition) is 1. The number of halogens is 3. The van der Waals surface area contributed by atoms with Crippen LogP contribution >= 0.6 is 0 Å². The Morgan fingerprint density at radius 1 is 0.972 bits per heavy atom. The van der Waals surface area contributed by atoms with Crippen molar-refractivity contribution in [2.24, 2.45) is 0 Å². The summed E-state index contributed by atoms with van der Waals surface area (Å²) in [5.74, 6) is -2.37. The van der Waals surface area contributed by atoms with Crippen molar-refractivity contribution in [1.82, 2.24) is 0 Å². The molecule has 4 rings (SSSR count). The smallest absolute Gasteiger partial charge is 0.507 e. The van der Waals surface area contributed by atoms with Crippen LogP contribution in [0.25, 0.3) is 5.76 Å². The molecule has 0 saturated carbocycles. The Kier molecular flexibility index (Phi) is 6.74. The Hall–Kier alpha value is -4.27. The van der Waals surface area contributed by atoms with Crippen molar-refractivity contribution in [3.63, 3.8) is 0 Å². The summed E-state index contributed by atoms with van der Waals surface area (Å²) in [6, 6.07) is 17.0. The van der Waals surface area contributed by atoms with E-state index in [-0.39, 0.29) is 17.0 Å². The number of amides is 1. The van der Waals surface area contributed by atoms with Crippen LogP contribution in [-0.2, 0) is 16.0 Å². The summed E-state index contributed by atoms with van der Waals surface area (Å²) >= 11 is 0. The molecule has 1 N–H and O–H groups in total. The highest BCUT2D eigenvalue weighted by Crippen LogP contribution is 2.43. The van der Waals surface area contributed by atoms with E-state index in [2.05, 4.69) is 4.74 Å². The molecule has 1 aliphatic heterocycles. The van der Waals surface area contributed by atoms with E-state index < -0.39 is 29.8 Å². The zero-order valence-corrected chi connectivity index (χ0v) is 19.4. The number of methoxy groups -OCH3 is 1. The third kappa shape index (κ3) is 4.91. The molecule has 1 heterocycles. The molecule has 0 spiro atoms. The van der Waals surface area contributed by atoms with E-state index >= 15 is 0 Å². The molecule has 186 valence electrons. The molecule has 0 aliphatic carbocycles. The first-order chi connectivity index (χ1) is 17.1. The monoisotopic (exact) mass is 497 g/mol. The Labute approximate surface area is 205 Å². The number of Topliss-reactive ketones (excluding diaryl/α,β-unsaturated/α-hetero) is 1. The van der Waals surface area contributed by atoms with Crippen molar-refractivity contribution < 1.29 is 37.3 Å². The third-order valence-electron chi connectivity index (χ3n) is 5.84. The topological polar surface area (TPSA) is 76.1 Å². The molecular formula is C27H22F3NO5. The molecule has 3 aromatic carbocycles. The number of ether oxygens (including phenoxy) is 2. The van der Waals surface area contributed by atoms with Gasteiger partial charge in [-0.05, 0) is 41.8 Å². The van der Waals surface area contributed by atoms with Crippen LogP contribution in [0.4, 0.5) is 18.9 Å². The van der Waals surface area contributed by atoms with Crippen molar-refractivity contribution in [1.29, 1.82) is 0 Å². The van der Waals surface area contributed by atoms with Crippen LogP contribution in [0.5, 0.6) is 11.5 Å². The zero-order chi connectivity index (χ0) is 26.0. The minimum Gasteiger partial charge on any atom is -0.507 e. The summed E-state index contributed by atoms with van der Waals surface area (Å²) in [4.78, 5) is 27.5. The van der Waals surface area contributed by atoms with Gasteiger partial charge in [-0.15, -0.1) is 13.2 Å². The molecular weight excluding hydrogens is 475 g/mol. The van der Waals surface area contributed by atoms with Crippen molar-refractivity contribution in [2.75, 3.05) is 12.0 Å². The standard InChI is InChI=1S/C27H22F3NO5/c1-3-16-7-9-18(10-8-16)24(32)22-23(17-11-13-20(35-2)14-12-17)31(26(34)25(22)33)19-5-4-6-21(15-19)36-27(28,29)30/h4-15,23,32H,3H2,1-2H3/b24-22+. The maximum absolute atomic E-state index is 13.2. The molecule has 1 atom stereocenters. The number of aliphatic hydroxyl groups excluding tert-OH is 1. The van der Waals surface area contributed by atoms with Gasteiger partial charge >= 0.3 is 6.36 Å². The van der Waals surface area contributed by atoms with Gasteiger partial charge in [-0.3, -0.25) is 14.5 Å². The highest BCUT2D eigenvalue weighted by Gasteiger charge is 2.47. The Balaban J connectivity index is 1.88. The van der Waals surface area contributed by atoms with Crippen LogP contribution in [0.15, 0.2) is 78.4 Å². The van der Waals surface area contributed by atoms with Crippen LogP contribution in [0.1, 0.15) is 29.7 Å². The number of aryl methyl sites for hydroxylation is 1. The number of ketones is 1. The molecule has 9 heteroatoms. The van der Waals surface area contributed by atoms with E-state index in [4.69, 9.17) is 4.74 Å². The van der Waals surface area contributed by atoms with Gasteiger partial charge in [0.15, 0.2) is 0 Å². The summed E-state index contributed by atoms with van der Waals surface area (Å²) in [5, 5.41) is 11.2. The minimum absolute atomic E-state index is 0.0000453. The molecule has 1 unspecified atom stereocenters. The maximum Gasteiger partial charge on any atom is 0.573 e. The lowest BCUT2D eigenvalue weighted by molar-refractivity contribution is -0.274. The SMILES string of the molecule is CCc1ccc(/C(O)=C2\C(=O)C(=O)N(c3cccc(OC(F)(F)F)c3)C2c2ccc(OC)cc2)cc1. The predicted molar refractivity (Wildman–Crippen MR) is 127 cm³/mol. The van der Waals surface area contributed by atoms with E-state index in [1.54, 1.807) is 48.5 Å². The number of aliphatic hydroxyl groups is 1. The van der Waals surface area contributed by atoms with Crippen molar-refractivity contribution >= 4 is 23.1 Å². The van der Waals surface area contributed by atoms with Crippen molar-refractivity contribution in [2.45, 2.75) is 25.7 Å². The number of anilines is 1. The molecule has 1 saturated heterocycles. The van der Waals surface area contributed by atoms with E-state index in [1.165, 1.54) is 19.2 Å². The van der Waals surface area contributed by atoms with Crippen LogP contribution in [-0.4, -0.2) is 30.3 Å². The number of carbonyl (C=O) groups is 2. The largest absolute Gasteiger partial charge is 0.573 e. The van der Waals surface area contributed by atoms with Crippen LogP contribution < -0.4 is 14.4 Å². The molecule has 1 fully saturated rings. The summed E-state index contributed by atoms with van der Waals surface area (Å²) in [7, 11) is 1.48. The van der Waals surface area contributed by atoms with Gasteiger partial charge in [0, 0.05) is 17.3 Å². The van der Waals surface area contributed by atoms with Gasteiger partial charge in [0.05, 0.1) is 18.7 Å². The first-order valence-electron chi connectivity index (χ1n) is 11.0.